The van der Waals surface area contributed by atoms with Gasteiger partial charge in [0.2, 0.25) is 10.0 Å². The third-order valence-electron chi connectivity index (χ3n) is 5.18. The number of carbonyl (C=O) groups excluding carboxylic acids is 1. The summed E-state index contributed by atoms with van der Waals surface area (Å²) in [4.78, 5) is 14.9. The van der Waals surface area contributed by atoms with Crippen molar-refractivity contribution in [1.29, 1.82) is 0 Å². The smallest absolute Gasteiger partial charge is 0.352 e. The number of likely N-dealkylation sites (tertiary alicyclic amines) is 1. The second-order valence-electron chi connectivity index (χ2n) is 7.49. The second-order valence-corrected chi connectivity index (χ2v) is 9.75. The zero-order valence-electron chi connectivity index (χ0n) is 16.1. The fourth-order valence-corrected chi connectivity index (χ4v) is 4.63. The minimum absolute atomic E-state index is 0.120. The molecule has 0 aromatic heterocycles. The molecule has 2 aliphatic rings. The van der Waals surface area contributed by atoms with Crippen molar-refractivity contribution in [2.24, 2.45) is 5.92 Å². The summed E-state index contributed by atoms with van der Waals surface area (Å²) in [6, 6.07) is 2.80. The molecule has 1 fully saturated rings. The first-order valence-electron chi connectivity index (χ1n) is 9.61. The van der Waals surface area contributed by atoms with E-state index in [0.717, 1.165) is 38.1 Å². The monoisotopic (exact) mass is 465 g/mol. The molecule has 0 bridgehead atoms. The minimum atomic E-state index is -4.57. The lowest BCUT2D eigenvalue weighted by Crippen LogP contribution is -2.41. The van der Waals surface area contributed by atoms with E-state index in [-0.39, 0.29) is 16.5 Å². The summed E-state index contributed by atoms with van der Waals surface area (Å²) in [5.74, 6) is -0.381. The Morgan fingerprint density at radius 2 is 1.87 bits per heavy atom. The Hall–Kier alpha value is -1.62. The summed E-state index contributed by atoms with van der Waals surface area (Å²) in [5.41, 5.74) is -1.08. The topological polar surface area (TPSA) is 78.5 Å². The highest BCUT2D eigenvalue weighted by molar-refractivity contribution is 7.93. The van der Waals surface area contributed by atoms with Gasteiger partial charge >= 0.3 is 6.18 Å². The van der Waals surface area contributed by atoms with Crippen LogP contribution < -0.4 is 10.0 Å². The van der Waals surface area contributed by atoms with Crippen molar-refractivity contribution in [2.45, 2.75) is 25.4 Å². The Morgan fingerprint density at radius 1 is 1.20 bits per heavy atom. The van der Waals surface area contributed by atoms with Crippen molar-refractivity contribution in [3.63, 3.8) is 0 Å². The Labute approximate surface area is 178 Å². The van der Waals surface area contributed by atoms with Crippen LogP contribution in [-0.2, 0) is 16.2 Å². The molecule has 1 aliphatic carbocycles. The van der Waals surface area contributed by atoms with Crippen LogP contribution in [0.2, 0.25) is 5.02 Å². The predicted molar refractivity (Wildman–Crippen MR) is 108 cm³/mol. The summed E-state index contributed by atoms with van der Waals surface area (Å²) in [6.07, 6.45) is -0.770. The quantitative estimate of drug-likeness (QED) is 0.618. The van der Waals surface area contributed by atoms with Gasteiger partial charge in [0.1, 0.15) is 0 Å². The lowest BCUT2D eigenvalue weighted by Gasteiger charge is -2.32. The van der Waals surface area contributed by atoms with Gasteiger partial charge in [0, 0.05) is 36.6 Å². The molecule has 1 aliphatic heterocycles. The van der Waals surface area contributed by atoms with Gasteiger partial charge in [-0.1, -0.05) is 17.7 Å². The Morgan fingerprint density at radius 3 is 2.47 bits per heavy atom. The van der Waals surface area contributed by atoms with Crippen LogP contribution >= 0.6 is 11.6 Å². The van der Waals surface area contributed by atoms with Crippen LogP contribution in [0.5, 0.6) is 0 Å². The van der Waals surface area contributed by atoms with E-state index in [1.54, 1.807) is 6.08 Å². The van der Waals surface area contributed by atoms with Gasteiger partial charge in [-0.3, -0.25) is 4.79 Å². The average Bonchev–Trinajstić information content (AvgIpc) is 3.52. The largest absolute Gasteiger partial charge is 0.416 e. The van der Waals surface area contributed by atoms with Crippen LogP contribution in [0.3, 0.4) is 0 Å². The van der Waals surface area contributed by atoms with Crippen LogP contribution in [-0.4, -0.2) is 51.9 Å². The van der Waals surface area contributed by atoms with E-state index < -0.39 is 27.7 Å². The molecule has 0 spiro atoms. The fraction of sp³-hybridized carbons (Fsp3) is 0.526. The maximum absolute atomic E-state index is 12.9. The zero-order chi connectivity index (χ0) is 21.9. The highest BCUT2D eigenvalue weighted by Crippen LogP contribution is 2.32. The SMILES string of the molecule is O=C(NCC1CCN(CCNS(=O)(=O)C2=CC2)CC1)c1cc(Cl)cc(C(F)(F)F)c1. The molecule has 2 N–H and O–H groups in total. The van der Waals surface area contributed by atoms with Crippen molar-refractivity contribution in [2.75, 3.05) is 32.7 Å². The number of hydrogen-bond donors (Lipinski definition) is 2. The van der Waals surface area contributed by atoms with Crippen molar-refractivity contribution in [3.8, 4) is 0 Å². The zero-order valence-corrected chi connectivity index (χ0v) is 17.7. The molecule has 3 rings (SSSR count). The molecule has 30 heavy (non-hydrogen) atoms. The summed E-state index contributed by atoms with van der Waals surface area (Å²) < 4.78 is 64.7. The van der Waals surface area contributed by atoms with E-state index in [2.05, 4.69) is 14.9 Å². The van der Waals surface area contributed by atoms with Gasteiger partial charge in [-0.25, -0.2) is 13.1 Å². The number of alkyl halides is 3. The Bertz CT molecular complexity index is 927. The number of piperidine rings is 1. The first-order chi connectivity index (χ1) is 14.0. The van der Waals surface area contributed by atoms with Crippen molar-refractivity contribution in [3.05, 3.63) is 45.3 Å². The summed E-state index contributed by atoms with van der Waals surface area (Å²) in [7, 11) is -3.30. The number of carbonyl (C=O) groups is 1. The third kappa shape index (κ3) is 6.44. The van der Waals surface area contributed by atoms with E-state index in [1.807, 2.05) is 0 Å². The maximum atomic E-state index is 12.9. The lowest BCUT2D eigenvalue weighted by molar-refractivity contribution is -0.137. The standard InChI is InChI=1S/C19H23ClF3N3O3S/c20-16-10-14(9-15(11-16)19(21,22)23)18(27)24-12-13-3-6-26(7-4-13)8-5-25-30(28,29)17-1-2-17/h1,9-11,13,25H,2-8,12H2,(H,24,27). The molecule has 0 radical (unpaired) electrons. The molecule has 1 aromatic carbocycles. The number of nitrogens with zero attached hydrogens (tertiary/aromatic N) is 1. The van der Waals surface area contributed by atoms with Crippen LogP contribution in [0.15, 0.2) is 29.2 Å². The average molecular weight is 466 g/mol. The van der Waals surface area contributed by atoms with Crippen LogP contribution in [0, 0.1) is 5.92 Å². The van der Waals surface area contributed by atoms with E-state index in [9.17, 15) is 26.4 Å². The molecule has 11 heteroatoms. The number of amides is 1. The normalized spacial score (nSPS) is 18.2. The Balaban J connectivity index is 1.41. The van der Waals surface area contributed by atoms with Gasteiger partial charge in [0.15, 0.2) is 0 Å². The van der Waals surface area contributed by atoms with Crippen LogP contribution in [0.1, 0.15) is 35.2 Å². The number of halogens is 4. The van der Waals surface area contributed by atoms with E-state index in [1.165, 1.54) is 6.07 Å². The van der Waals surface area contributed by atoms with Gasteiger partial charge in [0.05, 0.1) is 10.5 Å². The number of nitrogens with one attached hydrogen (secondary N) is 2. The second kappa shape index (κ2) is 9.25. The molecule has 0 atom stereocenters. The summed E-state index contributed by atoms with van der Waals surface area (Å²) >= 11 is 5.72. The molecule has 1 amide bonds. The minimum Gasteiger partial charge on any atom is -0.352 e. The predicted octanol–water partition coefficient (Wildman–Crippen LogP) is 3.01. The molecule has 0 saturated carbocycles. The lowest BCUT2D eigenvalue weighted by atomic mass is 9.96. The number of allylic oxidation sites excluding steroid dienone is 2. The first-order valence-corrected chi connectivity index (χ1v) is 11.5. The van der Waals surface area contributed by atoms with E-state index >= 15 is 0 Å². The highest BCUT2D eigenvalue weighted by atomic mass is 35.5. The molecule has 166 valence electrons. The molecular formula is C19H23ClF3N3O3S. The number of hydrogen-bond acceptors (Lipinski definition) is 4. The molecular weight excluding hydrogens is 443 g/mol. The Kier molecular flexibility index (Phi) is 7.11. The fourth-order valence-electron chi connectivity index (χ4n) is 3.33. The number of rotatable bonds is 8. The maximum Gasteiger partial charge on any atom is 0.416 e. The van der Waals surface area contributed by atoms with Crippen molar-refractivity contribution in [1.82, 2.24) is 14.9 Å². The van der Waals surface area contributed by atoms with Gasteiger partial charge < -0.3 is 10.2 Å². The molecule has 0 unspecified atom stereocenters. The van der Waals surface area contributed by atoms with Crippen molar-refractivity contribution >= 4 is 27.5 Å². The summed E-state index contributed by atoms with van der Waals surface area (Å²) in [5, 5.41) is 2.55. The van der Waals surface area contributed by atoms with Crippen LogP contribution in [0.25, 0.3) is 0 Å². The third-order valence-corrected chi connectivity index (χ3v) is 7.01. The number of sulfonamides is 1. The van der Waals surface area contributed by atoms with Gasteiger partial charge in [-0.05, 0) is 50.0 Å². The first kappa shape index (κ1) is 23.1. The van der Waals surface area contributed by atoms with Gasteiger partial charge in [0.25, 0.3) is 5.91 Å². The molecule has 1 aromatic rings. The number of benzene rings is 1. The molecule has 1 saturated heterocycles. The summed E-state index contributed by atoms with van der Waals surface area (Å²) in [6.45, 7) is 2.84. The van der Waals surface area contributed by atoms with Gasteiger partial charge in [-0.15, -0.1) is 0 Å². The van der Waals surface area contributed by atoms with Crippen molar-refractivity contribution < 1.29 is 26.4 Å². The van der Waals surface area contributed by atoms with E-state index in [0.29, 0.717) is 31.0 Å². The van der Waals surface area contributed by atoms with Crippen LogP contribution in [0.4, 0.5) is 13.2 Å². The van der Waals surface area contributed by atoms with E-state index in [4.69, 9.17) is 11.6 Å². The van der Waals surface area contributed by atoms with Gasteiger partial charge in [-0.2, -0.15) is 13.2 Å². The highest BCUT2D eigenvalue weighted by Gasteiger charge is 2.32. The molecule has 1 heterocycles. The molecule has 6 nitrogen and oxygen atoms in total.